The molecule has 3 saturated carbocycles. The number of hydrogen-bond acceptors (Lipinski definition) is 6. The molecule has 2 aromatic carbocycles. The van der Waals surface area contributed by atoms with E-state index in [1.165, 1.54) is 0 Å². The fourth-order valence-electron chi connectivity index (χ4n) is 5.45. The Balaban J connectivity index is 1.12. The summed E-state index contributed by atoms with van der Waals surface area (Å²) in [5.74, 6) is 0.712. The highest BCUT2D eigenvalue weighted by atomic mass is 16.5. The zero-order chi connectivity index (χ0) is 25.3. The van der Waals surface area contributed by atoms with Crippen LogP contribution in [-0.2, 0) is 9.59 Å². The predicted octanol–water partition coefficient (Wildman–Crippen LogP) is 2.69. The first kappa shape index (κ1) is 24.1. The molecule has 1 atom stereocenters. The third kappa shape index (κ3) is 4.88. The molecule has 2 amide bonds. The summed E-state index contributed by atoms with van der Waals surface area (Å²) in [6, 6.07) is 13.0. The molecule has 9 heteroatoms. The molecule has 6 rings (SSSR count). The molecular weight excluding hydrogens is 460 g/mol. The Morgan fingerprint density at radius 3 is 2.31 bits per heavy atom. The number of amides is 2. The average Bonchev–Trinajstić information content (AvgIpc) is 3.23. The van der Waals surface area contributed by atoms with E-state index in [4.69, 9.17) is 9.47 Å². The van der Waals surface area contributed by atoms with Gasteiger partial charge in [-0.1, -0.05) is 17.7 Å². The number of aromatic nitrogens is 2. The van der Waals surface area contributed by atoms with Crippen molar-refractivity contribution in [1.82, 2.24) is 20.8 Å². The second kappa shape index (κ2) is 9.46. The summed E-state index contributed by atoms with van der Waals surface area (Å²) in [7, 11) is 0. The first-order chi connectivity index (χ1) is 17.3. The topological polar surface area (TPSA) is 126 Å². The lowest BCUT2D eigenvalue weighted by molar-refractivity contribution is -0.137. The first-order valence-corrected chi connectivity index (χ1v) is 12.3. The van der Waals surface area contributed by atoms with Gasteiger partial charge in [-0.3, -0.25) is 14.7 Å². The summed E-state index contributed by atoms with van der Waals surface area (Å²) in [6.07, 6.45) is 2.15. The minimum Gasteiger partial charge on any atom is -0.484 e. The molecule has 3 aliphatic rings. The number of H-pyrrole nitrogens is 1. The minimum atomic E-state index is -0.759. The number of aliphatic hydroxyl groups is 1. The van der Waals surface area contributed by atoms with Gasteiger partial charge in [0.1, 0.15) is 11.5 Å². The summed E-state index contributed by atoms with van der Waals surface area (Å²) < 4.78 is 11.3. The van der Waals surface area contributed by atoms with Crippen LogP contribution in [-0.4, -0.2) is 57.5 Å². The lowest BCUT2D eigenvalue weighted by atomic mass is 9.60. The molecular formula is C27H32N4O5. The number of nitrogens with one attached hydrogen (secondary N) is 3. The lowest BCUT2D eigenvalue weighted by Gasteiger charge is -2.56. The average molecular weight is 493 g/mol. The van der Waals surface area contributed by atoms with Crippen LogP contribution in [0.3, 0.4) is 0 Å². The zero-order valence-electron chi connectivity index (χ0n) is 20.6. The Morgan fingerprint density at radius 1 is 0.972 bits per heavy atom. The van der Waals surface area contributed by atoms with Crippen molar-refractivity contribution in [3.63, 3.8) is 0 Å². The van der Waals surface area contributed by atoms with E-state index in [1.54, 1.807) is 6.07 Å². The summed E-state index contributed by atoms with van der Waals surface area (Å²) in [6.45, 7) is 3.71. The SMILES string of the molecule is Cc1ccc(OCC(=O)NC23CCC(NC(=O)COc4ccc5c(C)[nH]nc5c4)(CC2)[C@H](O)C3)cc1. The Bertz CT molecular complexity index is 1260. The highest BCUT2D eigenvalue weighted by Gasteiger charge is 2.55. The Labute approximate surface area is 209 Å². The van der Waals surface area contributed by atoms with Gasteiger partial charge in [-0.25, -0.2) is 0 Å². The molecule has 0 unspecified atom stereocenters. The lowest BCUT2D eigenvalue weighted by Crippen LogP contribution is -2.70. The molecule has 3 aromatic rings. The van der Waals surface area contributed by atoms with Crippen LogP contribution in [0.15, 0.2) is 42.5 Å². The highest BCUT2D eigenvalue weighted by Crippen LogP contribution is 2.47. The van der Waals surface area contributed by atoms with Gasteiger partial charge in [0.15, 0.2) is 13.2 Å². The maximum Gasteiger partial charge on any atom is 0.258 e. The van der Waals surface area contributed by atoms with E-state index >= 15 is 0 Å². The standard InChI is InChI=1S/C27H32N4O5/c1-17-3-5-19(6-4-17)35-15-24(33)28-26-9-11-27(12-10-26,23(32)14-26)29-25(34)16-36-20-7-8-21-18(2)30-31-22(21)13-20/h3-8,13,23,32H,9-12,14-16H2,1-2H3,(H,28,33)(H,29,34)(H,30,31)/t23-,26?,27?/m1/s1. The molecule has 2 bridgehead atoms. The van der Waals surface area contributed by atoms with Gasteiger partial charge in [0.25, 0.3) is 11.8 Å². The smallest absolute Gasteiger partial charge is 0.258 e. The van der Waals surface area contributed by atoms with E-state index in [9.17, 15) is 14.7 Å². The number of aliphatic hydroxyl groups excluding tert-OH is 1. The Hall–Kier alpha value is -3.59. The van der Waals surface area contributed by atoms with Crippen LogP contribution < -0.4 is 20.1 Å². The summed E-state index contributed by atoms with van der Waals surface area (Å²) in [5.41, 5.74) is 1.70. The molecule has 36 heavy (non-hydrogen) atoms. The van der Waals surface area contributed by atoms with E-state index in [1.807, 2.05) is 50.2 Å². The quantitative estimate of drug-likeness (QED) is 0.383. The largest absolute Gasteiger partial charge is 0.484 e. The number of carbonyl (C=O) groups is 2. The van der Waals surface area contributed by atoms with Crippen molar-refractivity contribution in [2.24, 2.45) is 0 Å². The van der Waals surface area contributed by atoms with E-state index < -0.39 is 17.2 Å². The van der Waals surface area contributed by atoms with Crippen molar-refractivity contribution in [1.29, 1.82) is 0 Å². The molecule has 0 saturated heterocycles. The fourth-order valence-corrected chi connectivity index (χ4v) is 5.45. The van der Waals surface area contributed by atoms with Crippen molar-refractivity contribution in [3.05, 3.63) is 53.7 Å². The number of nitrogens with zero attached hydrogens (tertiary/aromatic N) is 1. The molecule has 1 aromatic heterocycles. The van der Waals surface area contributed by atoms with Gasteiger partial charge in [0, 0.05) is 22.7 Å². The molecule has 190 valence electrons. The van der Waals surface area contributed by atoms with Crippen LogP contribution in [0.1, 0.15) is 43.4 Å². The number of fused-ring (bicyclic) bond motifs is 4. The summed E-state index contributed by atoms with van der Waals surface area (Å²) >= 11 is 0. The minimum absolute atomic E-state index is 0.0796. The second-order valence-electron chi connectivity index (χ2n) is 10.2. The molecule has 0 radical (unpaired) electrons. The second-order valence-corrected chi connectivity index (χ2v) is 10.2. The van der Waals surface area contributed by atoms with E-state index in [2.05, 4.69) is 20.8 Å². The van der Waals surface area contributed by atoms with Crippen LogP contribution in [0.2, 0.25) is 0 Å². The maximum atomic E-state index is 12.7. The molecule has 9 nitrogen and oxygen atoms in total. The summed E-state index contributed by atoms with van der Waals surface area (Å²) in [5, 5.41) is 25.3. The molecule has 4 N–H and O–H groups in total. The van der Waals surface area contributed by atoms with Gasteiger partial charge in [-0.15, -0.1) is 0 Å². The van der Waals surface area contributed by atoms with Crippen molar-refractivity contribution < 1.29 is 24.2 Å². The number of aromatic amines is 1. The number of benzene rings is 2. The molecule has 3 aliphatic carbocycles. The molecule has 1 heterocycles. The van der Waals surface area contributed by atoms with Gasteiger partial charge in [0.2, 0.25) is 0 Å². The molecule has 3 fully saturated rings. The van der Waals surface area contributed by atoms with Crippen molar-refractivity contribution >= 4 is 22.7 Å². The van der Waals surface area contributed by atoms with Crippen LogP contribution in [0.5, 0.6) is 11.5 Å². The third-order valence-electron chi connectivity index (χ3n) is 7.59. The van der Waals surface area contributed by atoms with Gasteiger partial charge in [-0.05, 0) is 70.2 Å². The van der Waals surface area contributed by atoms with Crippen LogP contribution in [0, 0.1) is 13.8 Å². The van der Waals surface area contributed by atoms with Crippen LogP contribution in [0.25, 0.3) is 10.9 Å². The Kier molecular flexibility index (Phi) is 6.34. The van der Waals surface area contributed by atoms with Gasteiger partial charge in [-0.2, -0.15) is 5.10 Å². The number of hydrogen-bond donors (Lipinski definition) is 4. The molecule has 0 aliphatic heterocycles. The van der Waals surface area contributed by atoms with Crippen molar-refractivity contribution in [2.45, 2.75) is 63.1 Å². The van der Waals surface area contributed by atoms with Crippen LogP contribution in [0.4, 0.5) is 0 Å². The predicted molar refractivity (Wildman–Crippen MR) is 134 cm³/mol. The fraction of sp³-hybridized carbons (Fsp3) is 0.444. The Morgan fingerprint density at radius 2 is 1.61 bits per heavy atom. The third-order valence-corrected chi connectivity index (χ3v) is 7.59. The number of ether oxygens (including phenoxy) is 2. The van der Waals surface area contributed by atoms with Crippen LogP contribution >= 0.6 is 0 Å². The van der Waals surface area contributed by atoms with E-state index in [0.29, 0.717) is 43.6 Å². The highest BCUT2D eigenvalue weighted by molar-refractivity contribution is 5.83. The maximum absolute atomic E-state index is 12.7. The normalized spacial score (nSPS) is 24.9. The van der Waals surface area contributed by atoms with Gasteiger partial charge in [0.05, 0.1) is 17.2 Å². The van der Waals surface area contributed by atoms with Gasteiger partial charge < -0.3 is 25.2 Å². The number of rotatable bonds is 8. The first-order valence-electron chi connectivity index (χ1n) is 12.3. The van der Waals surface area contributed by atoms with Crippen molar-refractivity contribution in [2.75, 3.05) is 13.2 Å². The molecule has 0 spiro atoms. The number of aryl methyl sites for hydroxylation is 2. The monoisotopic (exact) mass is 492 g/mol. The van der Waals surface area contributed by atoms with E-state index in [0.717, 1.165) is 22.2 Å². The summed E-state index contributed by atoms with van der Waals surface area (Å²) in [4.78, 5) is 25.3. The van der Waals surface area contributed by atoms with E-state index in [-0.39, 0.29) is 25.0 Å². The van der Waals surface area contributed by atoms with Crippen molar-refractivity contribution in [3.8, 4) is 11.5 Å². The number of carbonyl (C=O) groups excluding carboxylic acids is 2. The zero-order valence-corrected chi connectivity index (χ0v) is 20.6. The van der Waals surface area contributed by atoms with Gasteiger partial charge >= 0.3 is 0 Å².